The van der Waals surface area contributed by atoms with Crippen molar-refractivity contribution in [1.29, 1.82) is 0 Å². The van der Waals surface area contributed by atoms with Gasteiger partial charge < -0.3 is 5.32 Å². The summed E-state index contributed by atoms with van der Waals surface area (Å²) < 4.78 is 0. The summed E-state index contributed by atoms with van der Waals surface area (Å²) in [6.07, 6.45) is 5.24. The number of hydrogen-bond donors (Lipinski definition) is 1. The van der Waals surface area contributed by atoms with E-state index in [0.29, 0.717) is 11.5 Å². The number of nitrogens with one attached hydrogen (secondary N) is 1. The highest BCUT2D eigenvalue weighted by atomic mass is 14.9. The Balaban J connectivity index is 2.23. The van der Waals surface area contributed by atoms with Crippen molar-refractivity contribution in [2.24, 2.45) is 11.3 Å². The molecular formula is C18H29N. The Morgan fingerprint density at radius 3 is 2.37 bits per heavy atom. The molecule has 1 N–H and O–H groups in total. The summed E-state index contributed by atoms with van der Waals surface area (Å²) in [5.74, 6) is 0.764. The Hall–Kier alpha value is -0.820. The molecule has 2 rings (SSSR count). The maximum absolute atomic E-state index is 3.73. The van der Waals surface area contributed by atoms with E-state index >= 15 is 0 Å². The molecule has 1 aliphatic carbocycles. The second-order valence-corrected chi connectivity index (χ2v) is 6.62. The number of aryl methyl sites for hydroxylation is 1. The quantitative estimate of drug-likeness (QED) is 0.806. The van der Waals surface area contributed by atoms with Gasteiger partial charge in [0.15, 0.2) is 0 Å². The van der Waals surface area contributed by atoms with E-state index in [4.69, 9.17) is 0 Å². The summed E-state index contributed by atoms with van der Waals surface area (Å²) in [6, 6.07) is 9.78. The average Bonchev–Trinajstić information content (AvgIpc) is 2.76. The summed E-state index contributed by atoms with van der Waals surface area (Å²) >= 11 is 0. The number of hydrogen-bond acceptors (Lipinski definition) is 1. The van der Waals surface area contributed by atoms with Crippen LogP contribution in [0.15, 0.2) is 24.3 Å². The van der Waals surface area contributed by atoms with Crippen molar-refractivity contribution in [2.75, 3.05) is 6.54 Å². The monoisotopic (exact) mass is 259 g/mol. The fourth-order valence-electron chi connectivity index (χ4n) is 3.64. The molecule has 1 aromatic carbocycles. The Morgan fingerprint density at radius 2 is 1.89 bits per heavy atom. The average molecular weight is 259 g/mol. The first-order valence-electron chi connectivity index (χ1n) is 7.90. The van der Waals surface area contributed by atoms with Crippen LogP contribution in [-0.4, -0.2) is 6.54 Å². The fraction of sp³-hybridized carbons (Fsp3) is 0.667. The molecule has 2 unspecified atom stereocenters. The van der Waals surface area contributed by atoms with Gasteiger partial charge >= 0.3 is 0 Å². The molecular weight excluding hydrogens is 230 g/mol. The maximum Gasteiger partial charge on any atom is 0.0353 e. The van der Waals surface area contributed by atoms with E-state index in [1.807, 2.05) is 0 Å². The van der Waals surface area contributed by atoms with Gasteiger partial charge in [0, 0.05) is 6.04 Å². The van der Waals surface area contributed by atoms with E-state index in [1.54, 1.807) is 0 Å². The molecule has 0 amide bonds. The zero-order valence-corrected chi connectivity index (χ0v) is 13.0. The van der Waals surface area contributed by atoms with E-state index in [9.17, 15) is 0 Å². The first kappa shape index (κ1) is 14.6. The van der Waals surface area contributed by atoms with E-state index in [2.05, 4.69) is 57.3 Å². The Morgan fingerprint density at radius 1 is 1.21 bits per heavy atom. The second kappa shape index (κ2) is 6.09. The largest absolute Gasteiger partial charge is 0.310 e. The van der Waals surface area contributed by atoms with Crippen molar-refractivity contribution in [1.82, 2.24) is 5.32 Å². The highest BCUT2D eigenvalue weighted by molar-refractivity contribution is 5.26. The SMILES string of the molecule is CCNC(c1ccc(CC)cc1)C1CCCC1(C)C. The van der Waals surface area contributed by atoms with Crippen LogP contribution in [0.25, 0.3) is 0 Å². The van der Waals surface area contributed by atoms with Crippen LogP contribution in [0, 0.1) is 11.3 Å². The lowest BCUT2D eigenvalue weighted by molar-refractivity contribution is 0.199. The minimum Gasteiger partial charge on any atom is -0.310 e. The lowest BCUT2D eigenvalue weighted by Crippen LogP contribution is -2.33. The minimum absolute atomic E-state index is 0.469. The summed E-state index contributed by atoms with van der Waals surface area (Å²) in [4.78, 5) is 0. The highest BCUT2D eigenvalue weighted by Crippen LogP contribution is 2.48. The third-order valence-corrected chi connectivity index (χ3v) is 4.91. The molecule has 0 radical (unpaired) electrons. The van der Waals surface area contributed by atoms with Gasteiger partial charge in [-0.3, -0.25) is 0 Å². The molecule has 1 saturated carbocycles. The zero-order valence-electron chi connectivity index (χ0n) is 13.0. The van der Waals surface area contributed by atoms with Crippen LogP contribution in [0.1, 0.15) is 64.1 Å². The van der Waals surface area contributed by atoms with Gasteiger partial charge in [0.1, 0.15) is 0 Å². The summed E-state index contributed by atoms with van der Waals surface area (Å²) in [7, 11) is 0. The van der Waals surface area contributed by atoms with Crippen LogP contribution in [0.3, 0.4) is 0 Å². The molecule has 19 heavy (non-hydrogen) atoms. The van der Waals surface area contributed by atoms with Crippen LogP contribution in [0.4, 0.5) is 0 Å². The van der Waals surface area contributed by atoms with Crippen LogP contribution >= 0.6 is 0 Å². The van der Waals surface area contributed by atoms with Gasteiger partial charge in [0.05, 0.1) is 0 Å². The molecule has 0 aromatic heterocycles. The third kappa shape index (κ3) is 3.20. The lowest BCUT2D eigenvalue weighted by atomic mass is 9.75. The predicted molar refractivity (Wildman–Crippen MR) is 83.4 cm³/mol. The standard InChI is InChI=1S/C18H29N/c1-5-14-9-11-15(12-10-14)17(19-6-2)16-8-7-13-18(16,3)4/h9-12,16-17,19H,5-8,13H2,1-4H3. The van der Waals surface area contributed by atoms with Crippen LogP contribution in [0.5, 0.6) is 0 Å². The van der Waals surface area contributed by atoms with Gasteiger partial charge in [-0.25, -0.2) is 0 Å². The molecule has 0 aliphatic heterocycles. The smallest absolute Gasteiger partial charge is 0.0353 e. The third-order valence-electron chi connectivity index (χ3n) is 4.91. The van der Waals surface area contributed by atoms with Crippen molar-refractivity contribution in [3.63, 3.8) is 0 Å². The van der Waals surface area contributed by atoms with Crippen LogP contribution in [-0.2, 0) is 6.42 Å². The van der Waals surface area contributed by atoms with Gasteiger partial charge in [-0.15, -0.1) is 0 Å². The molecule has 1 aliphatic rings. The molecule has 106 valence electrons. The molecule has 1 aromatic rings. The summed E-state index contributed by atoms with van der Waals surface area (Å²) in [6.45, 7) is 10.4. The zero-order chi connectivity index (χ0) is 13.9. The van der Waals surface area contributed by atoms with Crippen LogP contribution in [0.2, 0.25) is 0 Å². The fourth-order valence-corrected chi connectivity index (χ4v) is 3.64. The van der Waals surface area contributed by atoms with Crippen LogP contribution < -0.4 is 5.32 Å². The molecule has 0 spiro atoms. The molecule has 1 nitrogen and oxygen atoms in total. The van der Waals surface area contributed by atoms with Crippen molar-refractivity contribution >= 4 is 0 Å². The Kier molecular flexibility index (Phi) is 4.67. The van der Waals surface area contributed by atoms with E-state index < -0.39 is 0 Å². The Bertz CT molecular complexity index is 391. The molecule has 2 atom stereocenters. The highest BCUT2D eigenvalue weighted by Gasteiger charge is 2.39. The topological polar surface area (TPSA) is 12.0 Å². The normalized spacial score (nSPS) is 23.5. The van der Waals surface area contributed by atoms with Gasteiger partial charge in [0.2, 0.25) is 0 Å². The first-order valence-corrected chi connectivity index (χ1v) is 7.90. The Labute approximate surface area is 118 Å². The van der Waals surface area contributed by atoms with E-state index in [-0.39, 0.29) is 0 Å². The van der Waals surface area contributed by atoms with Crippen molar-refractivity contribution in [3.05, 3.63) is 35.4 Å². The minimum atomic E-state index is 0.469. The summed E-state index contributed by atoms with van der Waals surface area (Å²) in [5, 5.41) is 3.73. The lowest BCUT2D eigenvalue weighted by Gasteiger charge is -2.35. The number of benzene rings is 1. The van der Waals surface area contributed by atoms with Gasteiger partial charge in [0.25, 0.3) is 0 Å². The molecule has 0 saturated heterocycles. The van der Waals surface area contributed by atoms with Crippen molar-refractivity contribution in [2.45, 2.75) is 59.4 Å². The summed E-state index contributed by atoms with van der Waals surface area (Å²) in [5.41, 5.74) is 3.37. The predicted octanol–water partition coefficient (Wildman–Crippen LogP) is 4.73. The van der Waals surface area contributed by atoms with E-state index in [0.717, 1.165) is 18.9 Å². The second-order valence-electron chi connectivity index (χ2n) is 6.62. The van der Waals surface area contributed by atoms with Gasteiger partial charge in [-0.2, -0.15) is 0 Å². The maximum atomic E-state index is 3.73. The number of rotatable bonds is 5. The first-order chi connectivity index (χ1) is 9.08. The van der Waals surface area contributed by atoms with Crippen molar-refractivity contribution in [3.8, 4) is 0 Å². The molecule has 0 bridgehead atoms. The molecule has 1 heteroatoms. The molecule has 1 fully saturated rings. The van der Waals surface area contributed by atoms with Gasteiger partial charge in [-0.1, -0.05) is 58.4 Å². The van der Waals surface area contributed by atoms with E-state index in [1.165, 1.54) is 30.4 Å². The van der Waals surface area contributed by atoms with Gasteiger partial charge in [-0.05, 0) is 48.3 Å². The molecule has 0 heterocycles. The van der Waals surface area contributed by atoms with Crippen molar-refractivity contribution < 1.29 is 0 Å².